The van der Waals surface area contributed by atoms with Crippen LogP contribution in [0, 0.1) is 0 Å². The van der Waals surface area contributed by atoms with Crippen molar-refractivity contribution in [2.45, 2.75) is 32.5 Å². The van der Waals surface area contributed by atoms with Gasteiger partial charge < -0.3 is 15.0 Å². The first-order chi connectivity index (χ1) is 15.4. The summed E-state index contributed by atoms with van der Waals surface area (Å²) >= 11 is 0. The van der Waals surface area contributed by atoms with E-state index in [0.717, 1.165) is 24.3 Å². The third-order valence-corrected chi connectivity index (χ3v) is 5.74. The summed E-state index contributed by atoms with van der Waals surface area (Å²) in [7, 11) is 1.36. The van der Waals surface area contributed by atoms with E-state index in [1.54, 1.807) is 12.1 Å². The maximum Gasteiger partial charge on any atom is 0.337 e. The zero-order valence-electron chi connectivity index (χ0n) is 18.7. The Morgan fingerprint density at radius 1 is 1.06 bits per heavy atom. The molecule has 8 heteroatoms. The van der Waals surface area contributed by atoms with Crippen LogP contribution in [0.3, 0.4) is 0 Å². The molecule has 2 unspecified atom stereocenters. The van der Waals surface area contributed by atoms with Gasteiger partial charge in [0.1, 0.15) is 0 Å². The molecule has 0 saturated carbocycles. The number of methoxy groups -OCH3 is 1. The van der Waals surface area contributed by atoms with E-state index in [4.69, 9.17) is 4.74 Å². The number of hydrogen-bond acceptors (Lipinski definition) is 6. The van der Waals surface area contributed by atoms with Gasteiger partial charge >= 0.3 is 12.0 Å². The van der Waals surface area contributed by atoms with Crippen LogP contribution in [0.1, 0.15) is 29.8 Å². The second-order valence-electron chi connectivity index (χ2n) is 7.90. The number of ether oxygens (including phenoxy) is 1. The van der Waals surface area contributed by atoms with Gasteiger partial charge in [0.05, 0.1) is 18.7 Å². The molecule has 2 N–H and O–H groups in total. The van der Waals surface area contributed by atoms with Crippen molar-refractivity contribution in [3.8, 4) is 0 Å². The molecule has 0 aromatic heterocycles. The van der Waals surface area contributed by atoms with Gasteiger partial charge in [-0.25, -0.2) is 9.59 Å². The predicted molar refractivity (Wildman–Crippen MR) is 122 cm³/mol. The molecule has 1 saturated heterocycles. The normalized spacial score (nSPS) is 17.3. The lowest BCUT2D eigenvalue weighted by molar-refractivity contribution is -0.125. The fourth-order valence-corrected chi connectivity index (χ4v) is 3.90. The summed E-state index contributed by atoms with van der Waals surface area (Å²) < 4.78 is 4.74. The molecule has 2 aromatic carbocycles. The Morgan fingerprint density at radius 2 is 1.75 bits per heavy atom. The Kier molecular flexibility index (Phi) is 7.83. The lowest BCUT2D eigenvalue weighted by Crippen LogP contribution is -2.59. The number of amides is 3. The Labute approximate surface area is 188 Å². The minimum Gasteiger partial charge on any atom is -0.465 e. The molecule has 3 amide bonds. The summed E-state index contributed by atoms with van der Waals surface area (Å²) in [6.07, 6.45) is 0. The second-order valence-corrected chi connectivity index (χ2v) is 7.90. The van der Waals surface area contributed by atoms with Crippen LogP contribution < -0.4 is 15.5 Å². The zero-order valence-corrected chi connectivity index (χ0v) is 18.7. The van der Waals surface area contributed by atoms with Gasteiger partial charge in [0.15, 0.2) is 0 Å². The van der Waals surface area contributed by atoms with Gasteiger partial charge in [-0.3, -0.25) is 15.0 Å². The molecular weight excluding hydrogens is 408 g/mol. The molecule has 2 atom stereocenters. The Balaban J connectivity index is 1.50. The predicted octanol–water partition coefficient (Wildman–Crippen LogP) is 2.40. The van der Waals surface area contributed by atoms with E-state index in [2.05, 4.69) is 27.4 Å². The standard InChI is InChI=1S/C24H30N4O4/c1-17-16-27(21-11-9-20(10-12-21)23(30)32-3)13-14-28(17)18(2)22(29)26-24(31)25-15-19-7-5-4-6-8-19/h4-12,17-18H,13-16H2,1-3H3,(H2,25,26,29,31). The van der Waals surface area contributed by atoms with Crippen LogP contribution in [-0.4, -0.2) is 61.6 Å². The number of benzene rings is 2. The molecule has 1 aliphatic rings. The number of anilines is 1. The van der Waals surface area contributed by atoms with Crippen LogP contribution in [0.15, 0.2) is 54.6 Å². The number of carbonyl (C=O) groups is 3. The van der Waals surface area contributed by atoms with Crippen molar-refractivity contribution < 1.29 is 19.1 Å². The number of hydrogen-bond donors (Lipinski definition) is 2. The first kappa shape index (κ1) is 23.3. The minimum atomic E-state index is -0.498. The molecule has 2 aromatic rings. The highest BCUT2D eigenvalue weighted by Crippen LogP contribution is 2.21. The maximum absolute atomic E-state index is 12.6. The van der Waals surface area contributed by atoms with Gasteiger partial charge in [-0.05, 0) is 43.7 Å². The SMILES string of the molecule is COC(=O)c1ccc(N2CCN(C(C)C(=O)NC(=O)NCc3ccccc3)C(C)C2)cc1. The molecule has 8 nitrogen and oxygen atoms in total. The Hall–Kier alpha value is -3.39. The largest absolute Gasteiger partial charge is 0.465 e. The highest BCUT2D eigenvalue weighted by Gasteiger charge is 2.31. The van der Waals surface area contributed by atoms with Crippen molar-refractivity contribution >= 4 is 23.6 Å². The molecule has 3 rings (SSSR count). The first-order valence-corrected chi connectivity index (χ1v) is 10.7. The number of urea groups is 1. The maximum atomic E-state index is 12.6. The quantitative estimate of drug-likeness (QED) is 0.673. The van der Waals surface area contributed by atoms with Gasteiger partial charge in [0, 0.05) is 37.9 Å². The van der Waals surface area contributed by atoms with Crippen LogP contribution in [0.5, 0.6) is 0 Å². The average Bonchev–Trinajstić information content (AvgIpc) is 2.82. The smallest absolute Gasteiger partial charge is 0.337 e. The van der Waals surface area contributed by atoms with Gasteiger partial charge in [0.2, 0.25) is 5.91 Å². The van der Waals surface area contributed by atoms with E-state index in [1.807, 2.05) is 49.4 Å². The molecule has 32 heavy (non-hydrogen) atoms. The molecule has 1 fully saturated rings. The van der Waals surface area contributed by atoms with Crippen LogP contribution >= 0.6 is 0 Å². The third kappa shape index (κ3) is 5.85. The van der Waals surface area contributed by atoms with E-state index in [1.165, 1.54) is 7.11 Å². The summed E-state index contributed by atoms with van der Waals surface area (Å²) in [6, 6.07) is 16.0. The fraction of sp³-hybridized carbons (Fsp3) is 0.375. The highest BCUT2D eigenvalue weighted by atomic mass is 16.5. The highest BCUT2D eigenvalue weighted by molar-refractivity contribution is 5.96. The minimum absolute atomic E-state index is 0.108. The molecule has 0 aliphatic carbocycles. The van der Waals surface area contributed by atoms with Crippen LogP contribution in [0.2, 0.25) is 0 Å². The summed E-state index contributed by atoms with van der Waals surface area (Å²) in [5.41, 5.74) is 2.49. The van der Waals surface area contributed by atoms with Crippen molar-refractivity contribution in [2.24, 2.45) is 0 Å². The average molecular weight is 439 g/mol. The van der Waals surface area contributed by atoms with Gasteiger partial charge in [-0.1, -0.05) is 30.3 Å². The number of esters is 1. The van der Waals surface area contributed by atoms with E-state index in [-0.39, 0.29) is 17.9 Å². The summed E-state index contributed by atoms with van der Waals surface area (Å²) in [5.74, 6) is -0.680. The topological polar surface area (TPSA) is 91.0 Å². The lowest BCUT2D eigenvalue weighted by Gasteiger charge is -2.43. The number of carbonyl (C=O) groups excluding carboxylic acids is 3. The van der Waals surface area contributed by atoms with Gasteiger partial charge in [0.25, 0.3) is 0 Å². The molecule has 0 bridgehead atoms. The third-order valence-electron chi connectivity index (χ3n) is 5.74. The number of nitrogens with one attached hydrogen (secondary N) is 2. The number of nitrogens with zero attached hydrogens (tertiary/aromatic N) is 2. The van der Waals surface area contributed by atoms with Crippen LogP contribution in [0.4, 0.5) is 10.5 Å². The molecule has 1 heterocycles. The van der Waals surface area contributed by atoms with Crippen LogP contribution in [-0.2, 0) is 16.1 Å². The van der Waals surface area contributed by atoms with E-state index in [0.29, 0.717) is 18.7 Å². The molecular formula is C24H30N4O4. The number of imide groups is 1. The van der Waals surface area contributed by atoms with Gasteiger partial charge in [-0.15, -0.1) is 0 Å². The van der Waals surface area contributed by atoms with Crippen molar-refractivity contribution in [3.63, 3.8) is 0 Å². The van der Waals surface area contributed by atoms with Crippen molar-refractivity contribution in [1.82, 2.24) is 15.5 Å². The summed E-state index contributed by atoms with van der Waals surface area (Å²) in [4.78, 5) is 40.7. The summed E-state index contributed by atoms with van der Waals surface area (Å²) in [5, 5.41) is 5.16. The Morgan fingerprint density at radius 3 is 2.38 bits per heavy atom. The van der Waals surface area contributed by atoms with Gasteiger partial charge in [-0.2, -0.15) is 0 Å². The lowest BCUT2D eigenvalue weighted by atomic mass is 10.1. The molecule has 170 valence electrons. The van der Waals surface area contributed by atoms with Crippen molar-refractivity contribution in [1.29, 1.82) is 0 Å². The molecule has 0 radical (unpaired) electrons. The van der Waals surface area contributed by atoms with Crippen molar-refractivity contribution in [3.05, 3.63) is 65.7 Å². The first-order valence-electron chi connectivity index (χ1n) is 10.7. The van der Waals surface area contributed by atoms with E-state index in [9.17, 15) is 14.4 Å². The summed E-state index contributed by atoms with van der Waals surface area (Å²) in [6.45, 7) is 6.39. The van der Waals surface area contributed by atoms with Crippen LogP contribution in [0.25, 0.3) is 0 Å². The Bertz CT molecular complexity index is 933. The fourth-order valence-electron chi connectivity index (χ4n) is 3.90. The number of rotatable bonds is 6. The second kappa shape index (κ2) is 10.8. The zero-order chi connectivity index (χ0) is 23.1. The monoisotopic (exact) mass is 438 g/mol. The number of piperazine rings is 1. The molecule has 1 aliphatic heterocycles. The van der Waals surface area contributed by atoms with E-state index < -0.39 is 12.1 Å². The molecule has 0 spiro atoms. The van der Waals surface area contributed by atoms with E-state index >= 15 is 0 Å². The van der Waals surface area contributed by atoms with Crippen molar-refractivity contribution in [2.75, 3.05) is 31.6 Å².